The number of hydrogen-bond acceptors (Lipinski definition) is 6. The molecule has 1 unspecified atom stereocenters. The molecule has 2 atom stereocenters. The van der Waals surface area contributed by atoms with Gasteiger partial charge in [-0.25, -0.2) is 12.6 Å². The average Bonchev–Trinajstić information content (AvgIpc) is 2.20. The van der Waals surface area contributed by atoms with Gasteiger partial charge < -0.3 is 5.73 Å². The predicted octanol–water partition coefficient (Wildman–Crippen LogP) is 0.263. The Balaban J connectivity index is 4.37. The first-order valence-corrected chi connectivity index (χ1v) is 10.0. The Labute approximate surface area is 121 Å². The molecule has 0 aliphatic heterocycles. The molecule has 0 rings (SSSR count). The van der Waals surface area contributed by atoms with Crippen molar-refractivity contribution >= 4 is 25.7 Å². The highest BCUT2D eigenvalue weighted by atomic mass is 32.2. The lowest BCUT2D eigenvalue weighted by atomic mass is 9.94. The van der Waals surface area contributed by atoms with Crippen LogP contribution < -0.4 is 10.5 Å². The minimum atomic E-state index is -3.65. The van der Waals surface area contributed by atoms with Crippen LogP contribution in [0.5, 0.6) is 0 Å². The van der Waals surface area contributed by atoms with Crippen molar-refractivity contribution < 1.29 is 17.4 Å². The van der Waals surface area contributed by atoms with Gasteiger partial charge >= 0.3 is 0 Å². The zero-order valence-corrected chi connectivity index (χ0v) is 14.1. The van der Waals surface area contributed by atoms with E-state index in [1.807, 2.05) is 20.8 Å². The van der Waals surface area contributed by atoms with Crippen molar-refractivity contribution in [1.82, 2.24) is 4.72 Å². The van der Waals surface area contributed by atoms with E-state index in [-0.39, 0.29) is 23.3 Å². The summed E-state index contributed by atoms with van der Waals surface area (Å²) in [5.41, 5.74) is 5.51. The molecule has 0 saturated heterocycles. The summed E-state index contributed by atoms with van der Waals surface area (Å²) in [7, 11) is -6.45. The monoisotopic (exact) mass is 327 g/mol. The van der Waals surface area contributed by atoms with E-state index in [0.29, 0.717) is 6.42 Å². The molecule has 0 aliphatic carbocycles. The molecule has 0 aromatic rings. The van der Waals surface area contributed by atoms with E-state index < -0.39 is 31.7 Å². The topological polar surface area (TPSA) is 130 Å². The minimum Gasteiger partial charge on any atom is -0.320 e. The van der Waals surface area contributed by atoms with E-state index in [0.717, 1.165) is 6.26 Å². The number of rotatable bonds is 7. The van der Waals surface area contributed by atoms with Crippen molar-refractivity contribution in [2.45, 2.75) is 39.7 Å². The molecule has 1 amide bonds. The molecular weight excluding hydrogens is 302 g/mol. The van der Waals surface area contributed by atoms with Crippen LogP contribution in [0.25, 0.3) is 0 Å². The summed E-state index contributed by atoms with van der Waals surface area (Å²) in [6.45, 7) is 5.98. The highest BCUT2D eigenvalue weighted by Gasteiger charge is 2.20. The van der Waals surface area contributed by atoms with E-state index >= 15 is 0 Å². The first-order chi connectivity index (χ1) is 8.72. The number of carbonyl (C=O) groups is 1. The van der Waals surface area contributed by atoms with Crippen LogP contribution in [-0.4, -0.2) is 42.3 Å². The molecule has 0 radical (unpaired) electrons. The van der Waals surface area contributed by atoms with Gasteiger partial charge in [0.25, 0.3) is 0 Å². The van der Waals surface area contributed by atoms with Crippen LogP contribution in [-0.2, 0) is 24.5 Å². The van der Waals surface area contributed by atoms with Gasteiger partial charge in [-0.3, -0.25) is 14.3 Å². The Morgan fingerprint density at radius 3 is 2.15 bits per heavy atom. The van der Waals surface area contributed by atoms with Gasteiger partial charge in [0.05, 0.1) is 12.3 Å². The first kappa shape index (κ1) is 19.3. The Hall–Kier alpha value is -0.670. The number of hydrogen-bond donors (Lipinski definition) is 3. The molecular formula is C11H25N3O4S2. The molecule has 7 nitrogen and oxygen atoms in total. The van der Waals surface area contributed by atoms with Crippen LogP contribution in [0.2, 0.25) is 0 Å². The second-order valence-electron chi connectivity index (χ2n) is 6.16. The molecule has 0 bridgehead atoms. The Morgan fingerprint density at radius 2 is 1.75 bits per heavy atom. The number of sulfonamides is 1. The maximum Gasteiger partial charge on any atom is 0.250 e. The first-order valence-electron chi connectivity index (χ1n) is 6.23. The maximum absolute atomic E-state index is 12.0. The SMILES string of the molecule is CC(C)(C)CCS(=N)(=O)CC[C@H](N)C(=O)NS(C)(=O)=O. The zero-order valence-electron chi connectivity index (χ0n) is 12.4. The molecule has 120 valence electrons. The van der Waals surface area contributed by atoms with Crippen molar-refractivity contribution in [1.29, 1.82) is 4.78 Å². The van der Waals surface area contributed by atoms with Gasteiger partial charge in [-0.15, -0.1) is 0 Å². The molecule has 0 aromatic carbocycles. The quantitative estimate of drug-likeness (QED) is 0.617. The molecule has 20 heavy (non-hydrogen) atoms. The van der Waals surface area contributed by atoms with E-state index in [1.54, 1.807) is 4.72 Å². The molecule has 0 fully saturated rings. The summed E-state index contributed by atoms with van der Waals surface area (Å²) in [6, 6.07) is -1.08. The fourth-order valence-electron chi connectivity index (χ4n) is 1.28. The van der Waals surface area contributed by atoms with E-state index in [9.17, 15) is 17.4 Å². The molecule has 0 aromatic heterocycles. The summed E-state index contributed by atoms with van der Waals surface area (Å²) in [5, 5.41) is 0. The summed E-state index contributed by atoms with van der Waals surface area (Å²) in [4.78, 5) is 11.4. The smallest absolute Gasteiger partial charge is 0.250 e. The molecule has 0 spiro atoms. The summed E-state index contributed by atoms with van der Waals surface area (Å²) in [5.74, 6) is -0.600. The minimum absolute atomic E-state index is 0.0125. The van der Waals surface area contributed by atoms with E-state index in [4.69, 9.17) is 10.5 Å². The lowest BCUT2D eigenvalue weighted by Crippen LogP contribution is -2.43. The normalized spacial score (nSPS) is 17.2. The highest BCUT2D eigenvalue weighted by Crippen LogP contribution is 2.19. The second kappa shape index (κ2) is 6.86. The Bertz CT molecular complexity index is 533. The molecule has 9 heteroatoms. The fourth-order valence-corrected chi connectivity index (χ4v) is 3.58. The predicted molar refractivity (Wildman–Crippen MR) is 80.2 cm³/mol. The van der Waals surface area contributed by atoms with Crippen LogP contribution >= 0.6 is 0 Å². The summed E-state index contributed by atoms with van der Waals surface area (Å²) in [6.07, 6.45) is 1.52. The van der Waals surface area contributed by atoms with Crippen LogP contribution in [0.4, 0.5) is 0 Å². The third-order valence-corrected chi connectivity index (χ3v) is 4.89. The average molecular weight is 327 g/mol. The largest absolute Gasteiger partial charge is 0.320 e. The summed E-state index contributed by atoms with van der Waals surface area (Å²) >= 11 is 0. The number of carbonyl (C=O) groups excluding carboxylic acids is 1. The Kier molecular flexibility index (Phi) is 6.63. The molecule has 0 saturated carbocycles. The van der Waals surface area contributed by atoms with E-state index in [2.05, 4.69) is 0 Å². The van der Waals surface area contributed by atoms with Crippen molar-refractivity contribution in [2.24, 2.45) is 11.1 Å². The third-order valence-electron chi connectivity index (χ3n) is 2.56. The van der Waals surface area contributed by atoms with Crippen LogP contribution in [0.15, 0.2) is 0 Å². The second-order valence-corrected chi connectivity index (χ2v) is 10.4. The van der Waals surface area contributed by atoms with Gasteiger partial charge in [0.1, 0.15) is 0 Å². The van der Waals surface area contributed by atoms with Gasteiger partial charge in [-0.05, 0) is 18.3 Å². The van der Waals surface area contributed by atoms with Crippen molar-refractivity contribution in [3.05, 3.63) is 0 Å². The van der Waals surface area contributed by atoms with Crippen molar-refractivity contribution in [2.75, 3.05) is 17.8 Å². The summed E-state index contributed by atoms with van der Waals surface area (Å²) < 4.78 is 43.3. The van der Waals surface area contributed by atoms with Gasteiger partial charge in [-0.2, -0.15) is 0 Å². The molecule has 0 aliphatic rings. The standard InChI is InChI=1S/C11H25N3O4S2/c1-11(2,3)6-8-20(13,18)7-5-9(12)10(15)14-19(4,16)17/h9,13H,5-8,12H2,1-4H3,(H,14,15)/t9-,20?/m0/s1. The van der Waals surface area contributed by atoms with Gasteiger partial charge in [0, 0.05) is 21.2 Å². The van der Waals surface area contributed by atoms with Crippen LogP contribution in [0, 0.1) is 10.2 Å². The lowest BCUT2D eigenvalue weighted by Gasteiger charge is -2.19. The van der Waals surface area contributed by atoms with Crippen LogP contribution in [0.3, 0.4) is 0 Å². The van der Waals surface area contributed by atoms with Crippen molar-refractivity contribution in [3.63, 3.8) is 0 Å². The Morgan fingerprint density at radius 1 is 1.25 bits per heavy atom. The highest BCUT2D eigenvalue weighted by molar-refractivity contribution is 7.92. The van der Waals surface area contributed by atoms with Gasteiger partial charge in [-0.1, -0.05) is 20.8 Å². The zero-order chi connectivity index (χ0) is 16.2. The number of amides is 1. The van der Waals surface area contributed by atoms with E-state index in [1.165, 1.54) is 0 Å². The van der Waals surface area contributed by atoms with Crippen LogP contribution in [0.1, 0.15) is 33.6 Å². The fraction of sp³-hybridized carbons (Fsp3) is 0.909. The lowest BCUT2D eigenvalue weighted by molar-refractivity contribution is -0.120. The maximum atomic E-state index is 12.0. The number of nitrogens with one attached hydrogen (secondary N) is 2. The molecule has 4 N–H and O–H groups in total. The third kappa shape index (κ3) is 10.2. The number of nitrogens with two attached hydrogens (primary N) is 1. The molecule has 0 heterocycles. The van der Waals surface area contributed by atoms with Gasteiger partial charge in [0.15, 0.2) is 0 Å². The van der Waals surface area contributed by atoms with Crippen molar-refractivity contribution in [3.8, 4) is 0 Å². The van der Waals surface area contributed by atoms with Gasteiger partial charge in [0.2, 0.25) is 15.9 Å².